The molecule has 580 valence electrons. The number of aromatic hydroxyl groups is 2. The highest BCUT2D eigenvalue weighted by Crippen LogP contribution is 2.32. The maximum absolute atomic E-state index is 13.2. The van der Waals surface area contributed by atoms with Gasteiger partial charge in [0.25, 0.3) is 0 Å². The number of piperidine rings is 5. The van der Waals surface area contributed by atoms with E-state index in [-0.39, 0.29) is 40.8 Å². The lowest BCUT2D eigenvalue weighted by Crippen LogP contribution is -2.39. The van der Waals surface area contributed by atoms with Crippen molar-refractivity contribution in [1.29, 1.82) is 0 Å². The number of nitrogens with zero attached hydrogens (tertiary/aromatic N) is 5. The lowest BCUT2D eigenvalue weighted by Gasteiger charge is -2.33. The Bertz CT molecular complexity index is 4710. The molecule has 0 saturated carbocycles. The van der Waals surface area contributed by atoms with Crippen LogP contribution in [-0.2, 0) is 19.6 Å². The first-order valence-corrected chi connectivity index (χ1v) is 39.6. The second-order valence-electron chi connectivity index (χ2n) is 30.5. The second-order valence-corrected chi connectivity index (χ2v) is 30.5. The van der Waals surface area contributed by atoms with Crippen molar-refractivity contribution in [2.24, 2.45) is 17.6 Å². The number of aliphatic hydroxyl groups excluding tert-OH is 1. The number of Topliss-reactive ketones (excluding diaryl/α,β-unsaturated/α-hetero) is 2. The summed E-state index contributed by atoms with van der Waals surface area (Å²) in [5.41, 5.74) is 17.0. The number of ketones is 2. The summed E-state index contributed by atoms with van der Waals surface area (Å²) < 4.78 is 21.9. The molecule has 0 unspecified atom stereocenters. The molecule has 0 radical (unpaired) electrons. The number of nitrogens with two attached hydrogens (primary N) is 1. The number of hydrogen-bond donors (Lipinski definition) is 5. The van der Waals surface area contributed by atoms with Gasteiger partial charge < -0.3 is 40.7 Å². The van der Waals surface area contributed by atoms with E-state index in [1.807, 2.05) is 30.3 Å². The van der Waals surface area contributed by atoms with Gasteiger partial charge in [0, 0.05) is 100 Å². The van der Waals surface area contributed by atoms with Gasteiger partial charge in [0.15, 0.2) is 11.6 Å². The smallest absolute Gasteiger partial charge is 0.335 e. The number of carboxylic acid groups (broad SMARTS) is 1. The van der Waals surface area contributed by atoms with Crippen LogP contribution in [0.1, 0.15) is 137 Å². The Hall–Kier alpha value is -10.3. The van der Waals surface area contributed by atoms with Gasteiger partial charge in [0.2, 0.25) is 0 Å². The van der Waals surface area contributed by atoms with Gasteiger partial charge in [0.1, 0.15) is 23.4 Å². The number of halogens is 1. The average molecular weight is 1500 g/mol. The van der Waals surface area contributed by atoms with Gasteiger partial charge in [-0.3, -0.25) is 28.7 Å². The summed E-state index contributed by atoms with van der Waals surface area (Å²) in [5, 5.41) is 42.7. The molecule has 6 N–H and O–H groups in total. The SMILES string of the molecule is Cc1ccc(N2CCC(O)CC2)cc1.Cc1ccc(N2CCC(Oc3ccc4cc(C(=O)CC5CCN(Cc6ccccc6)CC5)ccc4c3)CC2)cc1.NC1CCN(Cc2ccccc2)CC1.O=C(CC1CCN(Cc2ccccc2)CC1)c1ccc2cc(O)ccc2c1.O=C(O)c1ccc2cc(O)ccc2c1.[2H]CF. The number of aromatic carboxylic acids is 1. The van der Waals surface area contributed by atoms with Crippen molar-refractivity contribution in [3.05, 3.63) is 293 Å². The quantitative estimate of drug-likeness (QED) is 0.0543. The van der Waals surface area contributed by atoms with Gasteiger partial charge in [-0.1, -0.05) is 175 Å². The minimum Gasteiger partial charge on any atom is -0.508 e. The number of phenols is 2. The number of alkyl halides is 1. The van der Waals surface area contributed by atoms with Crippen LogP contribution in [0.25, 0.3) is 32.3 Å². The summed E-state index contributed by atoms with van der Waals surface area (Å²) in [5.74, 6) is 1.85. The predicted octanol–water partition coefficient (Wildman–Crippen LogP) is 19.1. The van der Waals surface area contributed by atoms with Crippen LogP contribution in [0.2, 0.25) is 0 Å². The van der Waals surface area contributed by atoms with Crippen LogP contribution in [-0.4, -0.2) is 144 Å². The number of phenolic OH excluding ortho intramolecular Hbond substituents is 2. The van der Waals surface area contributed by atoms with Gasteiger partial charge in [0.05, 0.1) is 20.2 Å². The summed E-state index contributed by atoms with van der Waals surface area (Å²) in [7, 11) is -1.00. The first-order chi connectivity index (χ1) is 54.4. The van der Waals surface area contributed by atoms with E-state index in [0.717, 1.165) is 198 Å². The van der Waals surface area contributed by atoms with E-state index in [2.05, 4.69) is 208 Å². The molecule has 5 heterocycles. The fourth-order valence-corrected chi connectivity index (χ4v) is 15.4. The molecule has 5 saturated heterocycles. The number of likely N-dealkylation sites (tertiary alicyclic amines) is 3. The van der Waals surface area contributed by atoms with E-state index in [1.165, 1.54) is 51.3 Å². The number of carbonyl (C=O) groups excluding carboxylic acids is 2. The maximum atomic E-state index is 13.2. The third-order valence-electron chi connectivity index (χ3n) is 22.1. The van der Waals surface area contributed by atoms with Gasteiger partial charge >= 0.3 is 5.97 Å². The van der Waals surface area contributed by atoms with Crippen molar-refractivity contribution in [1.82, 2.24) is 14.7 Å². The first kappa shape index (κ1) is 80.3. The van der Waals surface area contributed by atoms with Crippen LogP contribution in [0, 0.1) is 25.7 Å². The molecule has 111 heavy (non-hydrogen) atoms. The Labute approximate surface area is 656 Å². The van der Waals surface area contributed by atoms with E-state index in [1.54, 1.807) is 36.4 Å². The highest BCUT2D eigenvalue weighted by Gasteiger charge is 2.26. The predicted molar refractivity (Wildman–Crippen MR) is 451 cm³/mol. The van der Waals surface area contributed by atoms with Crippen LogP contribution in [0.4, 0.5) is 15.8 Å². The number of carbonyl (C=O) groups is 3. The average Bonchev–Trinajstić information content (AvgIpc) is 0.821. The Morgan fingerprint density at radius 3 is 1.14 bits per heavy atom. The van der Waals surface area contributed by atoms with Crippen LogP contribution >= 0.6 is 0 Å². The zero-order valence-corrected chi connectivity index (χ0v) is 64.6. The third kappa shape index (κ3) is 25.4. The van der Waals surface area contributed by atoms with Gasteiger partial charge in [-0.15, -0.1) is 0 Å². The number of carboxylic acids is 1. The lowest BCUT2D eigenvalue weighted by molar-refractivity contribution is 0.0696. The van der Waals surface area contributed by atoms with Crippen molar-refractivity contribution in [2.75, 3.05) is 82.4 Å². The molecule has 11 aromatic carbocycles. The summed E-state index contributed by atoms with van der Waals surface area (Å²) in [6.45, 7) is 17.8. The molecule has 0 aromatic heterocycles. The number of ether oxygens (including phenoxy) is 1. The number of aliphatic hydroxyl groups is 1. The van der Waals surface area contributed by atoms with E-state index in [0.29, 0.717) is 30.7 Å². The summed E-state index contributed by atoms with van der Waals surface area (Å²) in [6.07, 6.45) is 11.9. The maximum Gasteiger partial charge on any atom is 0.335 e. The van der Waals surface area contributed by atoms with Crippen molar-refractivity contribution >= 4 is 61.2 Å². The standard InChI is InChI=1S/C36H40N2O2.C24H25NO2.C12H18N2.C12H17NO.C11H8O3.CH3F/c1-27-7-12-33(13-8-27)38-21-17-34(18-22-38)40-35-14-11-30-24-32(10-9-31(30)25-35)36(39)23-28-15-19-37(20-16-28)26-29-5-3-2-4-6-29;26-23-9-8-20-15-22(7-6-21(20)16-23)24(27)14-18-10-12-25(13-11-18)17-19-4-2-1-3-5-19;13-12-6-8-14(9-7-12)10-11-4-2-1-3-5-11;1-10-2-4-11(5-3-10)13-8-6-12(14)7-9-13;12-10-4-3-7-5-9(11(13)14)2-1-8(7)6-10;1-2/h2-14,24-25,28,34H,15-23,26H2,1H3;1-9,15-16,18,26H,10-14,17H2;1-5,12H,6-10,13H2;2-5,12,14H,6-9H2,1H3;1-6,12H,(H,13,14);1H3/i;;;;;1D. The molecule has 5 aliphatic rings. The summed E-state index contributed by atoms with van der Waals surface area (Å²) in [6, 6.07) is 82.8. The Balaban J connectivity index is 0.000000148. The highest BCUT2D eigenvalue weighted by molar-refractivity contribution is 6.01. The topological polar surface area (TPSA) is 184 Å². The molecule has 14 nitrogen and oxygen atoms in total. The van der Waals surface area contributed by atoms with E-state index in [9.17, 15) is 34.1 Å². The van der Waals surface area contributed by atoms with E-state index >= 15 is 0 Å². The number of aryl methyl sites for hydroxylation is 2. The molecule has 0 amide bonds. The van der Waals surface area contributed by atoms with Gasteiger partial charge in [-0.2, -0.15) is 0 Å². The third-order valence-corrected chi connectivity index (χ3v) is 22.1. The van der Waals surface area contributed by atoms with Crippen LogP contribution in [0.15, 0.2) is 249 Å². The van der Waals surface area contributed by atoms with Gasteiger partial charge in [-0.05, 0) is 250 Å². The molecule has 0 bridgehead atoms. The lowest BCUT2D eigenvalue weighted by atomic mass is 9.89. The molecule has 0 aliphatic carbocycles. The number of anilines is 2. The van der Waals surface area contributed by atoms with Crippen molar-refractivity contribution in [3.63, 3.8) is 0 Å². The minimum atomic E-state index is -1.00. The molecule has 5 fully saturated rings. The van der Waals surface area contributed by atoms with Crippen LogP contribution in [0.3, 0.4) is 0 Å². The zero-order valence-electron chi connectivity index (χ0n) is 65.6. The van der Waals surface area contributed by atoms with Gasteiger partial charge in [-0.25, -0.2) is 4.79 Å². The number of fused-ring (bicyclic) bond motifs is 3. The Kier molecular flexibility index (Phi) is 30.1. The summed E-state index contributed by atoms with van der Waals surface area (Å²) in [4.78, 5) is 48.8. The monoisotopic (exact) mass is 1500 g/mol. The second kappa shape index (κ2) is 41.7. The Morgan fingerprint density at radius 2 is 0.748 bits per heavy atom. The first-order valence-electron chi connectivity index (χ1n) is 40.3. The molecule has 16 rings (SSSR count). The van der Waals surface area contributed by atoms with Crippen LogP contribution in [0.5, 0.6) is 17.2 Å². The molecule has 0 atom stereocenters. The molecular formula is C96H111FN6O8. The van der Waals surface area contributed by atoms with Crippen LogP contribution < -0.4 is 20.3 Å². The minimum absolute atomic E-state index is 0.0864. The fraction of sp³-hybridized carbons (Fsp3) is 0.344. The number of benzene rings is 11. The highest BCUT2D eigenvalue weighted by atomic mass is 19.1. The fourth-order valence-electron chi connectivity index (χ4n) is 15.4. The van der Waals surface area contributed by atoms with E-state index < -0.39 is 13.1 Å². The zero-order chi connectivity index (χ0) is 78.6. The number of rotatable bonds is 17. The molecule has 0 spiro atoms. The Morgan fingerprint density at radius 1 is 0.414 bits per heavy atom. The van der Waals surface area contributed by atoms with Crippen molar-refractivity contribution in [3.8, 4) is 17.2 Å². The molecule has 15 heteroatoms. The molecular weight excluding hydrogens is 1380 g/mol. The summed E-state index contributed by atoms with van der Waals surface area (Å²) >= 11 is 0. The largest absolute Gasteiger partial charge is 0.508 e. The molecule has 5 aliphatic heterocycles. The van der Waals surface area contributed by atoms with Crippen molar-refractivity contribution < 1.29 is 45.3 Å². The van der Waals surface area contributed by atoms with Crippen molar-refractivity contribution in [2.45, 2.75) is 129 Å². The number of hydrogen-bond acceptors (Lipinski definition) is 13. The normalized spacial score (nSPS) is 16.4. The molecule has 11 aromatic rings. The van der Waals surface area contributed by atoms with E-state index in [4.69, 9.17) is 16.9 Å².